The maximum absolute atomic E-state index is 4.00. The van der Waals surface area contributed by atoms with Crippen molar-refractivity contribution in [2.75, 3.05) is 12.3 Å². The molecule has 0 N–H and O–H groups in total. The smallest absolute Gasteiger partial charge is 0.0540 e. The van der Waals surface area contributed by atoms with Crippen LogP contribution in [0, 0.1) is 0 Å². The van der Waals surface area contributed by atoms with Gasteiger partial charge >= 0.3 is 0 Å². The Morgan fingerprint density at radius 3 is 2.71 bits per heavy atom. The predicted octanol–water partition coefficient (Wildman–Crippen LogP) is 1.79. The summed E-state index contributed by atoms with van der Waals surface area (Å²) in [6.45, 7) is 5.06. The average Bonchev–Trinajstić information content (AvgIpc) is 1.69. The van der Waals surface area contributed by atoms with Crippen molar-refractivity contribution in [2.24, 2.45) is 4.99 Å². The molecule has 0 spiro atoms. The second kappa shape index (κ2) is 6.02. The van der Waals surface area contributed by atoms with Crippen molar-refractivity contribution in [1.29, 1.82) is 0 Å². The maximum atomic E-state index is 4.00. The summed E-state index contributed by atoms with van der Waals surface area (Å²) < 4.78 is 0. The molecule has 0 aliphatic heterocycles. The van der Waals surface area contributed by atoms with E-state index in [2.05, 4.69) is 11.9 Å². The number of aliphatic imine (C=N–C) groups is 1. The van der Waals surface area contributed by atoms with Gasteiger partial charge in [-0.05, 0) is 12.7 Å². The monoisotopic (exact) mass is 117 g/mol. The molecule has 0 amide bonds. The molecule has 0 unspecified atom stereocenters. The minimum Gasteiger partial charge on any atom is -0.287 e. The Morgan fingerprint density at radius 1 is 1.57 bits per heavy atom. The van der Waals surface area contributed by atoms with Crippen molar-refractivity contribution in [3.05, 3.63) is 0 Å². The van der Waals surface area contributed by atoms with Crippen LogP contribution in [0.2, 0.25) is 0 Å². The van der Waals surface area contributed by atoms with Crippen LogP contribution >= 0.6 is 11.8 Å². The molecule has 0 saturated heterocycles. The lowest BCUT2D eigenvalue weighted by atomic mass is 10.8. The summed E-state index contributed by atoms with van der Waals surface area (Å²) in [6, 6.07) is 0. The molecule has 42 valence electrons. The van der Waals surface area contributed by atoms with Crippen LogP contribution in [0.4, 0.5) is 0 Å². The molecule has 0 heterocycles. The molecule has 0 rings (SSSR count). The van der Waals surface area contributed by atoms with Gasteiger partial charge in [-0.1, -0.05) is 6.92 Å². The maximum Gasteiger partial charge on any atom is 0.0540 e. The normalized spacial score (nSPS) is 10.6. The number of nitrogens with zero attached hydrogens (tertiary/aromatic N) is 1. The fourth-order valence-corrected chi connectivity index (χ4v) is 0.605. The molecule has 0 atom stereocenters. The molecule has 0 fully saturated rings. The Balaban J connectivity index is 2.78. The highest BCUT2D eigenvalue weighted by molar-refractivity contribution is 8.12. The summed E-state index contributed by atoms with van der Waals surface area (Å²) in [4.78, 5) is 4.00. The van der Waals surface area contributed by atoms with Gasteiger partial charge in [-0.25, -0.2) is 0 Å². The van der Waals surface area contributed by atoms with Crippen molar-refractivity contribution < 1.29 is 0 Å². The molecule has 0 aliphatic rings. The molecular formula is C5H11NS. The number of rotatable bonds is 3. The summed E-state index contributed by atoms with van der Waals surface area (Å²) in [5, 5.41) is 0. The Labute approximate surface area is 49.2 Å². The van der Waals surface area contributed by atoms with Crippen molar-refractivity contribution >= 4 is 17.3 Å². The first-order valence-electron chi connectivity index (χ1n) is 2.51. The summed E-state index contributed by atoms with van der Waals surface area (Å²) in [5.41, 5.74) is 1.90. The van der Waals surface area contributed by atoms with Gasteiger partial charge in [0.25, 0.3) is 0 Å². The minimum atomic E-state index is 0.910. The van der Waals surface area contributed by atoms with E-state index in [1.54, 1.807) is 11.8 Å². The van der Waals surface area contributed by atoms with Gasteiger partial charge in [0.1, 0.15) is 0 Å². The van der Waals surface area contributed by atoms with Gasteiger partial charge in [-0.3, -0.25) is 4.99 Å². The third-order valence-electron chi connectivity index (χ3n) is 0.498. The summed E-state index contributed by atoms with van der Waals surface area (Å²) in [7, 11) is 0. The SMILES string of the molecule is CC/N=C\SCC. The van der Waals surface area contributed by atoms with Gasteiger partial charge in [0.05, 0.1) is 5.55 Å². The van der Waals surface area contributed by atoms with E-state index in [1.807, 2.05) is 12.5 Å². The molecule has 0 aliphatic carbocycles. The number of hydrogen-bond acceptors (Lipinski definition) is 2. The van der Waals surface area contributed by atoms with E-state index >= 15 is 0 Å². The van der Waals surface area contributed by atoms with Crippen molar-refractivity contribution in [3.8, 4) is 0 Å². The molecule has 0 aromatic rings. The zero-order chi connectivity index (χ0) is 5.54. The van der Waals surface area contributed by atoms with Crippen LogP contribution in [0.1, 0.15) is 13.8 Å². The Morgan fingerprint density at radius 2 is 2.29 bits per heavy atom. The fourth-order valence-electron chi connectivity index (χ4n) is 0.202. The molecule has 2 heteroatoms. The molecule has 1 nitrogen and oxygen atoms in total. The van der Waals surface area contributed by atoms with Crippen LogP contribution in [0.3, 0.4) is 0 Å². The summed E-state index contributed by atoms with van der Waals surface area (Å²) in [6.07, 6.45) is 0. The van der Waals surface area contributed by atoms with Gasteiger partial charge in [0.2, 0.25) is 0 Å². The van der Waals surface area contributed by atoms with Gasteiger partial charge in [0.15, 0.2) is 0 Å². The first-order valence-corrected chi connectivity index (χ1v) is 3.56. The molecule has 0 radical (unpaired) electrons. The van der Waals surface area contributed by atoms with E-state index in [9.17, 15) is 0 Å². The van der Waals surface area contributed by atoms with E-state index in [1.165, 1.54) is 0 Å². The zero-order valence-corrected chi connectivity index (χ0v) is 5.66. The largest absolute Gasteiger partial charge is 0.287 e. The van der Waals surface area contributed by atoms with E-state index in [0.717, 1.165) is 12.3 Å². The fraction of sp³-hybridized carbons (Fsp3) is 0.800. The van der Waals surface area contributed by atoms with Gasteiger partial charge in [-0.15, -0.1) is 11.8 Å². The Kier molecular flexibility index (Phi) is 6.04. The van der Waals surface area contributed by atoms with Crippen molar-refractivity contribution in [1.82, 2.24) is 0 Å². The standard InChI is InChI=1S/C5H11NS/c1-3-6-5-7-4-2/h5H,3-4H2,1-2H3/b6-5-. The Bertz CT molecular complexity index is 52.0. The summed E-state index contributed by atoms with van der Waals surface area (Å²) >= 11 is 1.74. The van der Waals surface area contributed by atoms with Crippen LogP contribution in [-0.4, -0.2) is 17.8 Å². The second-order valence-electron chi connectivity index (χ2n) is 1.06. The van der Waals surface area contributed by atoms with E-state index in [-0.39, 0.29) is 0 Å². The topological polar surface area (TPSA) is 12.4 Å². The molecular weight excluding hydrogens is 106 g/mol. The van der Waals surface area contributed by atoms with E-state index in [0.29, 0.717) is 0 Å². The van der Waals surface area contributed by atoms with E-state index < -0.39 is 0 Å². The highest BCUT2D eigenvalue weighted by Gasteiger charge is 1.68. The molecule has 0 saturated carbocycles. The van der Waals surface area contributed by atoms with Gasteiger partial charge in [0, 0.05) is 6.54 Å². The second-order valence-corrected chi connectivity index (χ2v) is 2.18. The van der Waals surface area contributed by atoms with Crippen molar-refractivity contribution in [2.45, 2.75) is 13.8 Å². The lowest BCUT2D eigenvalue weighted by molar-refractivity contribution is 1.15. The highest BCUT2D eigenvalue weighted by Crippen LogP contribution is 1.90. The first-order chi connectivity index (χ1) is 3.41. The lowest BCUT2D eigenvalue weighted by Crippen LogP contribution is -1.69. The summed E-state index contributed by atoms with van der Waals surface area (Å²) in [5.74, 6) is 1.13. The quantitative estimate of drug-likeness (QED) is 0.405. The van der Waals surface area contributed by atoms with Crippen LogP contribution in [0.5, 0.6) is 0 Å². The van der Waals surface area contributed by atoms with E-state index in [4.69, 9.17) is 0 Å². The van der Waals surface area contributed by atoms with Crippen LogP contribution in [-0.2, 0) is 0 Å². The predicted molar refractivity (Wildman–Crippen MR) is 37.2 cm³/mol. The van der Waals surface area contributed by atoms with Crippen LogP contribution < -0.4 is 0 Å². The minimum absolute atomic E-state index is 0.910. The van der Waals surface area contributed by atoms with Crippen molar-refractivity contribution in [3.63, 3.8) is 0 Å². The van der Waals surface area contributed by atoms with Gasteiger partial charge < -0.3 is 0 Å². The highest BCUT2D eigenvalue weighted by atomic mass is 32.2. The number of hydrogen-bond donors (Lipinski definition) is 0. The number of thioether (sulfide) groups is 1. The lowest BCUT2D eigenvalue weighted by Gasteiger charge is -1.80. The van der Waals surface area contributed by atoms with Crippen LogP contribution in [0.15, 0.2) is 4.99 Å². The molecule has 0 aromatic heterocycles. The molecule has 0 bridgehead atoms. The first kappa shape index (κ1) is 7.02. The molecule has 0 aromatic carbocycles. The van der Waals surface area contributed by atoms with Gasteiger partial charge in [-0.2, -0.15) is 0 Å². The van der Waals surface area contributed by atoms with Crippen LogP contribution in [0.25, 0.3) is 0 Å². The molecule has 7 heavy (non-hydrogen) atoms. The zero-order valence-electron chi connectivity index (χ0n) is 4.85. The third kappa shape index (κ3) is 6.02. The average molecular weight is 117 g/mol. The third-order valence-corrected chi connectivity index (χ3v) is 1.13. The Hall–Kier alpha value is 0.0200.